The van der Waals surface area contributed by atoms with E-state index in [0.29, 0.717) is 19.6 Å². The van der Waals surface area contributed by atoms with Crippen molar-refractivity contribution in [2.75, 3.05) is 32.1 Å². The monoisotopic (exact) mass is 395 g/mol. The predicted molar refractivity (Wildman–Crippen MR) is 99.9 cm³/mol. The number of anilines is 1. The number of benzene rings is 1. The number of rotatable bonds is 5. The molecule has 1 aromatic carbocycles. The molecule has 1 aromatic heterocycles. The number of amides is 1. The van der Waals surface area contributed by atoms with Gasteiger partial charge in [-0.3, -0.25) is 9.48 Å². The number of hydrogen-bond acceptors (Lipinski definition) is 4. The smallest absolute Gasteiger partial charge is 0.378 e. The third-order valence-corrected chi connectivity index (χ3v) is 5.04. The van der Waals surface area contributed by atoms with E-state index in [1.165, 1.54) is 7.05 Å². The molecule has 152 valence electrons. The highest BCUT2D eigenvalue weighted by molar-refractivity contribution is 5.80. The summed E-state index contributed by atoms with van der Waals surface area (Å²) in [7, 11) is 5.17. The number of aryl methyl sites for hydroxylation is 1. The molecule has 0 bridgehead atoms. The molecular formula is C19H24F3N5O. The molecule has 0 radical (unpaired) electrons. The van der Waals surface area contributed by atoms with Gasteiger partial charge in [0.05, 0.1) is 11.6 Å². The first-order chi connectivity index (χ1) is 13.2. The van der Waals surface area contributed by atoms with E-state index >= 15 is 0 Å². The van der Waals surface area contributed by atoms with Crippen LogP contribution in [-0.2, 0) is 24.6 Å². The number of nitrogens with zero attached hydrogens (tertiary/aromatic N) is 3. The average Bonchev–Trinajstić information content (AvgIpc) is 3.26. The highest BCUT2D eigenvalue weighted by Gasteiger charge is 2.39. The minimum absolute atomic E-state index is 0.189. The van der Waals surface area contributed by atoms with E-state index < -0.39 is 23.7 Å². The van der Waals surface area contributed by atoms with Gasteiger partial charge in [0, 0.05) is 52.4 Å². The molecule has 0 unspecified atom stereocenters. The van der Waals surface area contributed by atoms with Crippen LogP contribution in [0.2, 0.25) is 0 Å². The fourth-order valence-corrected chi connectivity index (χ4v) is 3.43. The Hall–Kier alpha value is -2.55. The Morgan fingerprint density at radius 1 is 1.29 bits per heavy atom. The van der Waals surface area contributed by atoms with Crippen LogP contribution in [0.3, 0.4) is 0 Å². The molecule has 1 saturated heterocycles. The number of alkyl halides is 3. The zero-order chi connectivity index (χ0) is 20.5. The van der Waals surface area contributed by atoms with Crippen molar-refractivity contribution in [1.82, 2.24) is 20.4 Å². The lowest BCUT2D eigenvalue weighted by Gasteiger charge is -2.17. The number of carbonyl (C=O) groups is 1. The van der Waals surface area contributed by atoms with Crippen LogP contribution in [-0.4, -0.2) is 42.9 Å². The molecule has 28 heavy (non-hydrogen) atoms. The first-order valence-corrected chi connectivity index (χ1v) is 9.02. The van der Waals surface area contributed by atoms with Gasteiger partial charge in [-0.2, -0.15) is 18.3 Å². The molecule has 0 aliphatic carbocycles. The van der Waals surface area contributed by atoms with Crippen LogP contribution in [0.15, 0.2) is 30.3 Å². The van der Waals surface area contributed by atoms with Crippen molar-refractivity contribution in [3.8, 4) is 0 Å². The normalized spacial score (nSPS) is 19.6. The maximum Gasteiger partial charge on any atom is 0.433 e. The van der Waals surface area contributed by atoms with Gasteiger partial charge < -0.3 is 15.5 Å². The second-order valence-corrected chi connectivity index (χ2v) is 7.23. The topological polar surface area (TPSA) is 62.2 Å². The van der Waals surface area contributed by atoms with Crippen molar-refractivity contribution in [2.45, 2.75) is 18.6 Å². The molecule has 2 heterocycles. The fourth-order valence-electron chi connectivity index (χ4n) is 3.43. The molecule has 2 aromatic rings. The number of aromatic nitrogens is 2. The predicted octanol–water partition coefficient (Wildman–Crippen LogP) is 2.12. The number of nitrogens with one attached hydrogen (secondary N) is 2. The SMILES string of the molecule is CN(C)c1ccc(CNC(=O)[C@H]2CNC[C@@H]2c2cc(C(F)(F)F)n(C)n2)cc1. The van der Waals surface area contributed by atoms with Crippen LogP contribution in [0, 0.1) is 5.92 Å². The molecule has 1 amide bonds. The summed E-state index contributed by atoms with van der Waals surface area (Å²) < 4.78 is 39.9. The zero-order valence-corrected chi connectivity index (χ0v) is 16.0. The van der Waals surface area contributed by atoms with Crippen molar-refractivity contribution in [3.05, 3.63) is 47.3 Å². The Bertz CT molecular complexity index is 829. The first-order valence-electron chi connectivity index (χ1n) is 9.02. The Morgan fingerprint density at radius 2 is 1.96 bits per heavy atom. The second kappa shape index (κ2) is 7.83. The van der Waals surface area contributed by atoms with E-state index in [1.807, 2.05) is 43.3 Å². The van der Waals surface area contributed by atoms with Crippen LogP contribution < -0.4 is 15.5 Å². The summed E-state index contributed by atoms with van der Waals surface area (Å²) in [5, 5.41) is 9.99. The van der Waals surface area contributed by atoms with Gasteiger partial charge in [-0.15, -0.1) is 0 Å². The zero-order valence-electron chi connectivity index (χ0n) is 16.0. The number of halogens is 3. The Kier molecular flexibility index (Phi) is 5.64. The van der Waals surface area contributed by atoms with E-state index in [4.69, 9.17) is 0 Å². The van der Waals surface area contributed by atoms with Gasteiger partial charge in [0.25, 0.3) is 0 Å². The summed E-state index contributed by atoms with van der Waals surface area (Å²) in [6, 6.07) is 8.85. The number of carbonyl (C=O) groups excluding carboxylic acids is 1. The van der Waals surface area contributed by atoms with Gasteiger partial charge in [0.15, 0.2) is 0 Å². The van der Waals surface area contributed by atoms with E-state index in [2.05, 4.69) is 15.7 Å². The molecule has 1 fully saturated rings. The lowest BCUT2D eigenvalue weighted by Crippen LogP contribution is -2.34. The largest absolute Gasteiger partial charge is 0.433 e. The summed E-state index contributed by atoms with van der Waals surface area (Å²) in [5.41, 5.74) is 1.49. The third kappa shape index (κ3) is 4.30. The van der Waals surface area contributed by atoms with Crippen molar-refractivity contribution in [3.63, 3.8) is 0 Å². The van der Waals surface area contributed by atoms with Crippen molar-refractivity contribution < 1.29 is 18.0 Å². The van der Waals surface area contributed by atoms with Crippen molar-refractivity contribution in [1.29, 1.82) is 0 Å². The Balaban J connectivity index is 1.66. The summed E-state index contributed by atoms with van der Waals surface area (Å²) in [4.78, 5) is 14.6. The Morgan fingerprint density at radius 3 is 2.54 bits per heavy atom. The van der Waals surface area contributed by atoms with Gasteiger partial charge >= 0.3 is 6.18 Å². The van der Waals surface area contributed by atoms with E-state index in [1.54, 1.807) is 0 Å². The molecule has 1 aliphatic rings. The molecule has 0 saturated carbocycles. The van der Waals surface area contributed by atoms with Crippen LogP contribution >= 0.6 is 0 Å². The average molecular weight is 395 g/mol. The molecule has 6 nitrogen and oxygen atoms in total. The van der Waals surface area contributed by atoms with Crippen LogP contribution in [0.5, 0.6) is 0 Å². The molecule has 3 rings (SSSR count). The minimum Gasteiger partial charge on any atom is -0.378 e. The van der Waals surface area contributed by atoms with Gasteiger partial charge in [0.1, 0.15) is 5.69 Å². The molecule has 2 atom stereocenters. The van der Waals surface area contributed by atoms with E-state index in [-0.39, 0.29) is 11.6 Å². The van der Waals surface area contributed by atoms with Crippen LogP contribution in [0.4, 0.5) is 18.9 Å². The minimum atomic E-state index is -4.47. The van der Waals surface area contributed by atoms with Gasteiger partial charge in [0.2, 0.25) is 5.91 Å². The molecule has 9 heteroatoms. The van der Waals surface area contributed by atoms with Gasteiger partial charge in [-0.25, -0.2) is 0 Å². The van der Waals surface area contributed by atoms with Gasteiger partial charge in [-0.05, 0) is 23.8 Å². The fraction of sp³-hybridized carbons (Fsp3) is 0.474. The molecular weight excluding hydrogens is 371 g/mol. The van der Waals surface area contributed by atoms with Crippen LogP contribution in [0.25, 0.3) is 0 Å². The lowest BCUT2D eigenvalue weighted by atomic mass is 9.92. The summed E-state index contributed by atoms with van der Waals surface area (Å²) in [6.07, 6.45) is -4.47. The highest BCUT2D eigenvalue weighted by Crippen LogP contribution is 2.34. The summed E-state index contributed by atoms with van der Waals surface area (Å²) in [6.45, 7) is 1.20. The van der Waals surface area contributed by atoms with E-state index in [9.17, 15) is 18.0 Å². The van der Waals surface area contributed by atoms with Crippen molar-refractivity contribution >= 4 is 11.6 Å². The molecule has 2 N–H and O–H groups in total. The molecule has 0 spiro atoms. The second-order valence-electron chi connectivity index (χ2n) is 7.23. The lowest BCUT2D eigenvalue weighted by molar-refractivity contribution is -0.143. The summed E-state index contributed by atoms with van der Waals surface area (Å²) in [5.74, 6) is -1.04. The first kappa shape index (κ1) is 20.2. The maximum atomic E-state index is 13.0. The van der Waals surface area contributed by atoms with Crippen molar-refractivity contribution in [2.24, 2.45) is 13.0 Å². The summed E-state index contributed by atoms with van der Waals surface area (Å²) >= 11 is 0. The third-order valence-electron chi connectivity index (χ3n) is 5.04. The quantitative estimate of drug-likeness (QED) is 0.814. The number of hydrogen-bond donors (Lipinski definition) is 2. The van der Waals surface area contributed by atoms with Gasteiger partial charge in [-0.1, -0.05) is 12.1 Å². The maximum absolute atomic E-state index is 13.0. The Labute approximate surface area is 161 Å². The van der Waals surface area contributed by atoms with Crippen LogP contribution in [0.1, 0.15) is 22.9 Å². The highest BCUT2D eigenvalue weighted by atomic mass is 19.4. The van der Waals surface area contributed by atoms with E-state index in [0.717, 1.165) is 22.0 Å². The molecule has 1 aliphatic heterocycles. The standard InChI is InChI=1S/C19H24F3N5O/c1-26(2)13-6-4-12(5-7-13)9-24-18(28)15-11-23-10-14(15)16-8-17(19(20,21)22)27(3)25-16/h4-8,14-15,23H,9-11H2,1-3H3,(H,24,28)/t14-,15-/m0/s1.